The van der Waals surface area contributed by atoms with E-state index in [1.807, 2.05) is 30.3 Å². The zero-order valence-electron chi connectivity index (χ0n) is 20.4. The zero-order chi connectivity index (χ0) is 25.5. The SMILES string of the molecule is Clc1cc(Cl)c(OCCOc2ccccc2)c(/C=N/Nc2nc(N3CCCC3)nc(N3CCCC3)n2)c1. The number of anilines is 3. The van der Waals surface area contributed by atoms with Crippen LogP contribution in [0.5, 0.6) is 11.5 Å². The molecule has 2 aliphatic heterocycles. The number of hydrogen-bond acceptors (Lipinski definition) is 9. The Kier molecular flexibility index (Phi) is 8.42. The van der Waals surface area contributed by atoms with Gasteiger partial charge in [-0.3, -0.25) is 0 Å². The van der Waals surface area contributed by atoms with Gasteiger partial charge >= 0.3 is 0 Å². The molecule has 2 aliphatic rings. The lowest BCUT2D eigenvalue weighted by Gasteiger charge is -2.20. The molecule has 0 unspecified atom stereocenters. The first-order valence-electron chi connectivity index (χ1n) is 12.5. The third kappa shape index (κ3) is 6.72. The number of benzene rings is 2. The highest BCUT2D eigenvalue weighted by atomic mass is 35.5. The molecule has 3 heterocycles. The molecule has 0 atom stereocenters. The van der Waals surface area contributed by atoms with Crippen molar-refractivity contribution in [3.8, 4) is 11.5 Å². The van der Waals surface area contributed by atoms with Gasteiger partial charge in [0, 0.05) is 36.8 Å². The van der Waals surface area contributed by atoms with Crippen LogP contribution in [0.2, 0.25) is 10.0 Å². The molecule has 2 saturated heterocycles. The lowest BCUT2D eigenvalue weighted by molar-refractivity contribution is 0.217. The van der Waals surface area contributed by atoms with Crippen LogP contribution in [0.25, 0.3) is 0 Å². The van der Waals surface area contributed by atoms with Gasteiger partial charge in [-0.05, 0) is 49.9 Å². The van der Waals surface area contributed by atoms with E-state index in [-0.39, 0.29) is 0 Å². The highest BCUT2D eigenvalue weighted by molar-refractivity contribution is 6.36. The standard InChI is InChI=1S/C26H29Cl2N7O2/c27-20-16-19(23(22(28)17-20)37-15-14-36-21-8-2-1-3-9-21)18-29-33-24-30-25(34-10-4-5-11-34)32-26(31-24)35-12-6-7-13-35/h1-3,8-9,16-18H,4-7,10-15H2,(H,30,31,32,33)/b29-18+. The number of nitrogens with one attached hydrogen (secondary N) is 1. The zero-order valence-corrected chi connectivity index (χ0v) is 22.0. The van der Waals surface area contributed by atoms with Crippen LogP contribution in [-0.2, 0) is 0 Å². The van der Waals surface area contributed by atoms with Gasteiger partial charge in [0.2, 0.25) is 17.8 Å². The molecule has 0 aliphatic carbocycles. The van der Waals surface area contributed by atoms with Crippen LogP contribution in [0.1, 0.15) is 31.2 Å². The Hall–Kier alpha value is -3.30. The molecule has 5 rings (SSSR count). The third-order valence-electron chi connectivity index (χ3n) is 6.14. The van der Waals surface area contributed by atoms with E-state index in [9.17, 15) is 0 Å². The van der Waals surface area contributed by atoms with Gasteiger partial charge in [-0.15, -0.1) is 0 Å². The Bertz CT molecular complexity index is 1180. The van der Waals surface area contributed by atoms with Crippen molar-refractivity contribution in [1.82, 2.24) is 15.0 Å². The Balaban J connectivity index is 1.29. The molecular weight excluding hydrogens is 513 g/mol. The van der Waals surface area contributed by atoms with Gasteiger partial charge in [0.25, 0.3) is 0 Å². The minimum absolute atomic E-state index is 0.302. The second kappa shape index (κ2) is 12.3. The molecule has 1 aromatic heterocycles. The maximum Gasteiger partial charge on any atom is 0.250 e. The maximum absolute atomic E-state index is 6.44. The summed E-state index contributed by atoms with van der Waals surface area (Å²) in [7, 11) is 0. The molecule has 0 saturated carbocycles. The van der Waals surface area contributed by atoms with Gasteiger partial charge in [0.1, 0.15) is 24.7 Å². The Morgan fingerprint density at radius 2 is 1.46 bits per heavy atom. The van der Waals surface area contributed by atoms with E-state index in [1.54, 1.807) is 18.3 Å². The first-order chi connectivity index (χ1) is 18.2. The predicted molar refractivity (Wildman–Crippen MR) is 148 cm³/mol. The van der Waals surface area contributed by atoms with Crippen LogP contribution in [0.3, 0.4) is 0 Å². The van der Waals surface area contributed by atoms with Crippen LogP contribution >= 0.6 is 23.2 Å². The monoisotopic (exact) mass is 541 g/mol. The van der Waals surface area contributed by atoms with E-state index in [0.717, 1.165) is 57.6 Å². The summed E-state index contributed by atoms with van der Waals surface area (Å²) in [6.45, 7) is 4.45. The second-order valence-electron chi connectivity index (χ2n) is 8.83. The van der Waals surface area contributed by atoms with Gasteiger partial charge in [-0.2, -0.15) is 20.1 Å². The van der Waals surface area contributed by atoms with Crippen molar-refractivity contribution in [3.05, 3.63) is 58.1 Å². The quantitative estimate of drug-likeness (QED) is 0.210. The summed E-state index contributed by atoms with van der Waals surface area (Å²) in [5.41, 5.74) is 3.59. The van der Waals surface area contributed by atoms with Crippen molar-refractivity contribution in [3.63, 3.8) is 0 Å². The van der Waals surface area contributed by atoms with Crippen molar-refractivity contribution in [2.75, 3.05) is 54.6 Å². The number of rotatable bonds is 10. The van der Waals surface area contributed by atoms with Gasteiger partial charge in [-0.1, -0.05) is 41.4 Å². The van der Waals surface area contributed by atoms with Gasteiger partial charge in [-0.25, -0.2) is 5.43 Å². The van der Waals surface area contributed by atoms with Crippen LogP contribution in [0.15, 0.2) is 47.6 Å². The molecule has 9 nitrogen and oxygen atoms in total. The Labute approximate surface area is 226 Å². The van der Waals surface area contributed by atoms with Crippen molar-refractivity contribution >= 4 is 47.3 Å². The lowest BCUT2D eigenvalue weighted by Crippen LogP contribution is -2.25. The molecule has 2 fully saturated rings. The molecule has 0 amide bonds. The predicted octanol–water partition coefficient (Wildman–Crippen LogP) is 5.28. The molecule has 3 aromatic rings. The van der Waals surface area contributed by atoms with E-state index in [1.165, 1.54) is 0 Å². The van der Waals surface area contributed by atoms with Gasteiger partial charge in [0.05, 0.1) is 11.2 Å². The van der Waals surface area contributed by atoms with Crippen molar-refractivity contribution in [2.45, 2.75) is 25.7 Å². The van der Waals surface area contributed by atoms with Crippen LogP contribution in [0.4, 0.5) is 17.8 Å². The first-order valence-corrected chi connectivity index (χ1v) is 13.3. The largest absolute Gasteiger partial charge is 0.490 e. The normalized spacial score (nSPS) is 15.5. The van der Waals surface area contributed by atoms with Crippen molar-refractivity contribution in [1.29, 1.82) is 0 Å². The summed E-state index contributed by atoms with van der Waals surface area (Å²) in [5.74, 6) is 3.00. The molecule has 37 heavy (non-hydrogen) atoms. The molecule has 0 radical (unpaired) electrons. The van der Waals surface area contributed by atoms with Gasteiger partial charge in [0.15, 0.2) is 0 Å². The Morgan fingerprint density at radius 3 is 2.11 bits per heavy atom. The van der Waals surface area contributed by atoms with E-state index in [4.69, 9.17) is 37.7 Å². The molecule has 0 spiro atoms. The lowest BCUT2D eigenvalue weighted by atomic mass is 10.2. The summed E-state index contributed by atoms with van der Waals surface area (Å²) < 4.78 is 11.6. The van der Waals surface area contributed by atoms with Crippen LogP contribution < -0.4 is 24.7 Å². The fourth-order valence-corrected chi connectivity index (χ4v) is 4.89. The molecule has 11 heteroatoms. The molecule has 0 bridgehead atoms. The third-order valence-corrected chi connectivity index (χ3v) is 6.64. The van der Waals surface area contributed by atoms with E-state index in [2.05, 4.69) is 30.3 Å². The minimum Gasteiger partial charge on any atom is -0.490 e. The second-order valence-corrected chi connectivity index (χ2v) is 9.68. The Morgan fingerprint density at radius 1 is 0.838 bits per heavy atom. The summed E-state index contributed by atoms with van der Waals surface area (Å²) in [4.78, 5) is 18.4. The van der Waals surface area contributed by atoms with E-state index >= 15 is 0 Å². The van der Waals surface area contributed by atoms with E-state index in [0.29, 0.717) is 52.4 Å². The number of halogens is 2. The molecule has 194 valence electrons. The fraction of sp³-hybridized carbons (Fsp3) is 0.385. The number of hydrogen-bond donors (Lipinski definition) is 1. The number of para-hydroxylation sites is 1. The van der Waals surface area contributed by atoms with Crippen LogP contribution in [-0.4, -0.2) is 60.6 Å². The topological polar surface area (TPSA) is 88.0 Å². The molecule has 1 N–H and O–H groups in total. The number of aromatic nitrogens is 3. The minimum atomic E-state index is 0.302. The first kappa shape index (κ1) is 25.4. The van der Waals surface area contributed by atoms with Crippen LogP contribution in [0, 0.1) is 0 Å². The highest BCUT2D eigenvalue weighted by Crippen LogP contribution is 2.32. The summed E-state index contributed by atoms with van der Waals surface area (Å²) in [6, 6.07) is 12.9. The highest BCUT2D eigenvalue weighted by Gasteiger charge is 2.21. The number of ether oxygens (including phenoxy) is 2. The molecular formula is C26H29Cl2N7O2. The summed E-state index contributed by atoms with van der Waals surface area (Å²) in [5, 5.41) is 5.24. The molecule has 2 aromatic carbocycles. The number of hydrazone groups is 1. The number of nitrogens with zero attached hydrogens (tertiary/aromatic N) is 6. The summed E-state index contributed by atoms with van der Waals surface area (Å²) >= 11 is 12.7. The van der Waals surface area contributed by atoms with Crippen molar-refractivity contribution < 1.29 is 9.47 Å². The average molecular weight is 542 g/mol. The average Bonchev–Trinajstić information content (AvgIpc) is 3.63. The maximum atomic E-state index is 6.44. The van der Waals surface area contributed by atoms with E-state index < -0.39 is 0 Å². The van der Waals surface area contributed by atoms with Gasteiger partial charge < -0.3 is 19.3 Å². The fourth-order valence-electron chi connectivity index (χ4n) is 4.33. The summed E-state index contributed by atoms with van der Waals surface area (Å²) in [6.07, 6.45) is 6.15. The smallest absolute Gasteiger partial charge is 0.250 e. The van der Waals surface area contributed by atoms with Crippen molar-refractivity contribution in [2.24, 2.45) is 5.10 Å².